The Morgan fingerprint density at radius 1 is 0.957 bits per heavy atom. The van der Waals surface area contributed by atoms with E-state index in [1.54, 1.807) is 12.1 Å². The molecule has 3 aromatic rings. The Balaban J connectivity index is 0.000000322. The molecule has 0 spiro atoms. The zero-order chi connectivity index (χ0) is 33.2. The first-order valence-electron chi connectivity index (χ1n) is 15.4. The minimum Gasteiger partial charge on any atom is -0.351 e. The molecular formula is C34H38F3N3O5S. The summed E-state index contributed by atoms with van der Waals surface area (Å²) in [6.07, 6.45) is 4.24. The number of hydrogen-bond acceptors (Lipinski definition) is 5. The van der Waals surface area contributed by atoms with Crippen molar-refractivity contribution < 1.29 is 35.7 Å². The molecule has 4 atom stereocenters. The van der Waals surface area contributed by atoms with Crippen molar-refractivity contribution in [2.75, 3.05) is 0 Å². The van der Waals surface area contributed by atoms with E-state index < -0.39 is 39.0 Å². The Kier molecular flexibility index (Phi) is 9.90. The van der Waals surface area contributed by atoms with E-state index in [2.05, 4.69) is 5.32 Å². The van der Waals surface area contributed by atoms with Gasteiger partial charge in [-0.25, -0.2) is 13.2 Å². The van der Waals surface area contributed by atoms with Crippen LogP contribution in [0.3, 0.4) is 0 Å². The molecule has 2 aliphatic heterocycles. The molecule has 4 N–H and O–H groups in total. The molecule has 3 fully saturated rings. The van der Waals surface area contributed by atoms with Gasteiger partial charge in [0.25, 0.3) is 10.1 Å². The second kappa shape index (κ2) is 13.5. The molecular weight excluding hydrogens is 619 g/mol. The van der Waals surface area contributed by atoms with E-state index in [-0.39, 0.29) is 46.7 Å². The predicted octanol–water partition coefficient (Wildman–Crippen LogP) is 5.08. The van der Waals surface area contributed by atoms with Gasteiger partial charge in [0.1, 0.15) is 11.2 Å². The van der Waals surface area contributed by atoms with Crippen molar-refractivity contribution in [1.29, 1.82) is 0 Å². The van der Waals surface area contributed by atoms with Crippen LogP contribution in [0.2, 0.25) is 0 Å². The van der Waals surface area contributed by atoms with Crippen molar-refractivity contribution in [3.8, 4) is 0 Å². The molecule has 246 valence electrons. The lowest BCUT2D eigenvalue weighted by Gasteiger charge is -2.42. The van der Waals surface area contributed by atoms with Crippen LogP contribution >= 0.6 is 0 Å². The van der Waals surface area contributed by atoms with Crippen molar-refractivity contribution in [3.05, 3.63) is 101 Å². The Hall–Kier alpha value is -3.74. The number of hydrogen-bond donors (Lipinski definition) is 3. The summed E-state index contributed by atoms with van der Waals surface area (Å²) < 4.78 is 70.5. The minimum atomic E-state index is -4.02. The maximum atomic E-state index is 14.1. The zero-order valence-corrected chi connectivity index (χ0v) is 26.3. The number of benzene rings is 3. The number of fused-ring (bicyclic) bond motifs is 2. The van der Waals surface area contributed by atoms with E-state index in [0.29, 0.717) is 38.3 Å². The third-order valence-electron chi connectivity index (χ3n) is 9.36. The van der Waals surface area contributed by atoms with Crippen LogP contribution in [0.15, 0.2) is 71.6 Å². The molecule has 2 saturated heterocycles. The maximum absolute atomic E-state index is 14.1. The quantitative estimate of drug-likeness (QED) is 0.176. The average molecular weight is 658 g/mol. The van der Waals surface area contributed by atoms with Crippen LogP contribution in [-0.4, -0.2) is 47.8 Å². The number of carbonyl (C=O) groups is 2. The van der Waals surface area contributed by atoms with Crippen molar-refractivity contribution in [2.24, 2.45) is 17.1 Å². The maximum Gasteiger partial charge on any atom is 0.294 e. The van der Waals surface area contributed by atoms with E-state index >= 15 is 0 Å². The molecule has 0 aromatic heterocycles. The highest BCUT2D eigenvalue weighted by molar-refractivity contribution is 7.85. The summed E-state index contributed by atoms with van der Waals surface area (Å²) in [4.78, 5) is 28.4. The molecule has 3 aliphatic rings. The van der Waals surface area contributed by atoms with Crippen molar-refractivity contribution in [1.82, 2.24) is 10.2 Å². The normalized spacial score (nSPS) is 22.0. The van der Waals surface area contributed by atoms with E-state index in [1.165, 1.54) is 12.1 Å². The van der Waals surface area contributed by atoms with E-state index in [0.717, 1.165) is 30.0 Å². The summed E-state index contributed by atoms with van der Waals surface area (Å²) in [5.74, 6) is -3.37. The van der Waals surface area contributed by atoms with Crippen LogP contribution < -0.4 is 11.1 Å². The van der Waals surface area contributed by atoms with Crippen LogP contribution in [-0.2, 0) is 32.7 Å². The number of amides is 2. The number of halogens is 3. The van der Waals surface area contributed by atoms with Gasteiger partial charge in [0.05, 0.1) is 4.90 Å². The molecule has 1 aliphatic carbocycles. The minimum absolute atomic E-state index is 0.00787. The number of rotatable bonds is 8. The Labute approximate surface area is 266 Å². The van der Waals surface area contributed by atoms with Gasteiger partial charge < -0.3 is 16.0 Å². The van der Waals surface area contributed by atoms with Gasteiger partial charge in [-0.1, -0.05) is 48.0 Å². The van der Waals surface area contributed by atoms with Gasteiger partial charge in [0, 0.05) is 30.7 Å². The van der Waals surface area contributed by atoms with Gasteiger partial charge in [0.2, 0.25) is 11.8 Å². The largest absolute Gasteiger partial charge is 0.351 e. The van der Waals surface area contributed by atoms with E-state index in [4.69, 9.17) is 10.3 Å². The Morgan fingerprint density at radius 3 is 2.11 bits per heavy atom. The number of nitrogens with one attached hydrogen (secondary N) is 1. The zero-order valence-electron chi connectivity index (χ0n) is 25.5. The van der Waals surface area contributed by atoms with E-state index in [1.807, 2.05) is 42.2 Å². The summed E-state index contributed by atoms with van der Waals surface area (Å²) in [7, 11) is -4.02. The van der Waals surface area contributed by atoms with Crippen LogP contribution in [0.25, 0.3) is 0 Å². The first-order chi connectivity index (χ1) is 21.8. The fourth-order valence-electron chi connectivity index (χ4n) is 6.61. The predicted molar refractivity (Wildman–Crippen MR) is 165 cm³/mol. The first kappa shape index (κ1) is 33.6. The van der Waals surface area contributed by atoms with Gasteiger partial charge >= 0.3 is 0 Å². The second-order valence-corrected chi connectivity index (χ2v) is 14.0. The van der Waals surface area contributed by atoms with E-state index in [9.17, 15) is 31.2 Å². The summed E-state index contributed by atoms with van der Waals surface area (Å²) in [6.45, 7) is 2.23. The molecule has 6 rings (SSSR count). The standard InChI is InChI=1S/C27H30F3N3O2.C7H8O3S/c28-21-14-23(30)22(29)12-17(21)13-24(31)18-10-19-6-7-20(11-18)33(19)26(35)27(8-9-27)25(34)32-15-16-4-2-1-3-5-16;1-6-2-4-7(5-3-6)11(8,9)10/h1-5,12,14,18-20,24H,6-11,13,15,31H2,(H,32,34);2-5H,1H3,(H,8,9,10)/t18?,19-,20+,24-;/m1./s1. The highest BCUT2D eigenvalue weighted by Gasteiger charge is 2.61. The Morgan fingerprint density at radius 2 is 1.54 bits per heavy atom. The molecule has 12 heteroatoms. The molecule has 1 saturated carbocycles. The number of carbonyl (C=O) groups excluding carboxylic acids is 2. The van der Waals surface area contributed by atoms with Gasteiger partial charge in [-0.15, -0.1) is 0 Å². The Bertz CT molecular complexity index is 1670. The summed E-state index contributed by atoms with van der Waals surface area (Å²) in [6, 6.07) is 16.6. The lowest BCUT2D eigenvalue weighted by atomic mass is 9.82. The van der Waals surface area contributed by atoms with Gasteiger partial charge in [-0.05, 0) is 87.1 Å². The molecule has 2 heterocycles. The number of nitrogens with two attached hydrogens (primary N) is 1. The average Bonchev–Trinajstić information content (AvgIpc) is 3.79. The third kappa shape index (κ3) is 7.45. The molecule has 1 unspecified atom stereocenters. The SMILES string of the molecule is Cc1ccc(S(=O)(=O)O)cc1.N[C@H](Cc1cc(F)c(F)cc1F)C1C[C@H]2CC[C@@H](C1)N2C(=O)C1(C(=O)NCc2ccccc2)CC1. The smallest absolute Gasteiger partial charge is 0.294 e. The molecule has 46 heavy (non-hydrogen) atoms. The van der Waals surface area contributed by atoms with Gasteiger partial charge in [-0.3, -0.25) is 14.1 Å². The molecule has 8 nitrogen and oxygen atoms in total. The highest BCUT2D eigenvalue weighted by Crippen LogP contribution is 2.51. The highest BCUT2D eigenvalue weighted by atomic mass is 32.2. The number of piperidine rings is 1. The lowest BCUT2D eigenvalue weighted by molar-refractivity contribution is -0.148. The number of nitrogens with zero attached hydrogens (tertiary/aromatic N) is 1. The molecule has 3 aromatic carbocycles. The monoisotopic (exact) mass is 657 g/mol. The van der Waals surface area contributed by atoms with Crippen molar-refractivity contribution in [3.63, 3.8) is 0 Å². The van der Waals surface area contributed by atoms with Crippen LogP contribution in [0, 0.1) is 35.7 Å². The van der Waals surface area contributed by atoms with Crippen LogP contribution in [0.1, 0.15) is 55.2 Å². The van der Waals surface area contributed by atoms with Crippen molar-refractivity contribution >= 4 is 21.9 Å². The van der Waals surface area contributed by atoms with Crippen LogP contribution in [0.4, 0.5) is 13.2 Å². The summed E-state index contributed by atoms with van der Waals surface area (Å²) in [5.41, 5.74) is 7.43. The van der Waals surface area contributed by atoms with Crippen molar-refractivity contribution in [2.45, 2.75) is 81.4 Å². The second-order valence-electron chi connectivity index (χ2n) is 12.6. The fourth-order valence-corrected chi connectivity index (χ4v) is 7.09. The molecule has 0 radical (unpaired) electrons. The topological polar surface area (TPSA) is 130 Å². The van der Waals surface area contributed by atoms with Gasteiger partial charge in [0.15, 0.2) is 11.6 Å². The number of aryl methyl sites for hydroxylation is 1. The van der Waals surface area contributed by atoms with Gasteiger partial charge in [-0.2, -0.15) is 8.42 Å². The molecule has 2 amide bonds. The third-order valence-corrected chi connectivity index (χ3v) is 10.2. The summed E-state index contributed by atoms with van der Waals surface area (Å²) in [5, 5.41) is 2.94. The molecule has 2 bridgehead atoms. The summed E-state index contributed by atoms with van der Waals surface area (Å²) >= 11 is 0. The fraction of sp³-hybridized carbons (Fsp3) is 0.412. The lowest BCUT2D eigenvalue weighted by Crippen LogP contribution is -2.54. The van der Waals surface area contributed by atoms with Crippen LogP contribution in [0.5, 0.6) is 0 Å². The first-order valence-corrected chi connectivity index (χ1v) is 16.8.